The fourth-order valence-electron chi connectivity index (χ4n) is 1.87. The Balaban J connectivity index is 2.80. The molecule has 2 N–H and O–H groups in total. The number of hydrogen-bond donors (Lipinski definition) is 1. The molecule has 0 aliphatic carbocycles. The van der Waals surface area contributed by atoms with Gasteiger partial charge >= 0.3 is 0 Å². The largest absolute Gasteiger partial charge is 0.333 e. The maximum absolute atomic E-state index is 12.5. The van der Waals surface area contributed by atoms with Crippen molar-refractivity contribution in [3.05, 3.63) is 30.1 Å². The first-order valence-corrected chi connectivity index (χ1v) is 6.93. The smallest absolute Gasteiger partial charge is 0.240 e. The Morgan fingerprint density at radius 1 is 1.37 bits per heavy atom. The summed E-state index contributed by atoms with van der Waals surface area (Å²) in [5.41, 5.74) is 6.94. The summed E-state index contributed by atoms with van der Waals surface area (Å²) in [6, 6.07) is 5.41. The average Bonchev–Trinajstić information content (AvgIpc) is 2.43. The molecule has 1 heterocycles. The summed E-state index contributed by atoms with van der Waals surface area (Å²) in [4.78, 5) is 18.5. The van der Waals surface area contributed by atoms with Crippen molar-refractivity contribution in [2.45, 2.75) is 52.7 Å². The van der Waals surface area contributed by atoms with Crippen LogP contribution in [-0.2, 0) is 11.3 Å². The minimum Gasteiger partial charge on any atom is -0.333 e. The lowest BCUT2D eigenvalue weighted by molar-refractivity contribution is -0.136. The van der Waals surface area contributed by atoms with Crippen LogP contribution in [0.4, 0.5) is 0 Å². The first-order chi connectivity index (χ1) is 8.97. The Morgan fingerprint density at radius 2 is 2.05 bits per heavy atom. The molecule has 0 saturated heterocycles. The minimum absolute atomic E-state index is 0.00926. The third-order valence-corrected chi connectivity index (χ3v) is 3.51. The monoisotopic (exact) mass is 263 g/mol. The molecule has 1 aromatic rings. The van der Waals surface area contributed by atoms with Crippen LogP contribution in [0.2, 0.25) is 0 Å². The van der Waals surface area contributed by atoms with Crippen LogP contribution in [0.25, 0.3) is 0 Å². The number of carbonyl (C=O) groups is 1. The second-order valence-electron chi connectivity index (χ2n) is 5.29. The van der Waals surface area contributed by atoms with Crippen LogP contribution in [0.5, 0.6) is 0 Å². The summed E-state index contributed by atoms with van der Waals surface area (Å²) in [5, 5.41) is 0. The zero-order valence-electron chi connectivity index (χ0n) is 12.3. The molecule has 2 atom stereocenters. The molecule has 0 bridgehead atoms. The van der Waals surface area contributed by atoms with Gasteiger partial charge in [0.25, 0.3) is 0 Å². The summed E-state index contributed by atoms with van der Waals surface area (Å²) in [5.74, 6) is 0.201. The van der Waals surface area contributed by atoms with Crippen LogP contribution in [0, 0.1) is 5.92 Å². The van der Waals surface area contributed by atoms with Crippen molar-refractivity contribution in [3.8, 4) is 0 Å². The Hall–Kier alpha value is -1.42. The van der Waals surface area contributed by atoms with Gasteiger partial charge in [-0.1, -0.05) is 26.3 Å². The van der Waals surface area contributed by atoms with Crippen LogP contribution >= 0.6 is 0 Å². The predicted molar refractivity (Wildman–Crippen MR) is 77.4 cm³/mol. The van der Waals surface area contributed by atoms with Crippen molar-refractivity contribution in [1.29, 1.82) is 0 Å². The van der Waals surface area contributed by atoms with E-state index in [0.717, 1.165) is 12.1 Å². The van der Waals surface area contributed by atoms with Gasteiger partial charge in [0.1, 0.15) is 0 Å². The second-order valence-corrected chi connectivity index (χ2v) is 5.29. The molecule has 4 heteroatoms. The maximum Gasteiger partial charge on any atom is 0.240 e. The molecule has 4 nitrogen and oxygen atoms in total. The lowest BCUT2D eigenvalue weighted by Gasteiger charge is -2.31. The van der Waals surface area contributed by atoms with Gasteiger partial charge in [-0.15, -0.1) is 0 Å². The number of aromatic nitrogens is 1. The molecule has 1 unspecified atom stereocenters. The number of nitrogens with zero attached hydrogens (tertiary/aromatic N) is 2. The van der Waals surface area contributed by atoms with E-state index in [1.807, 2.05) is 39.0 Å². The van der Waals surface area contributed by atoms with Crippen molar-refractivity contribution >= 4 is 5.91 Å². The normalized spacial score (nSPS) is 14.2. The van der Waals surface area contributed by atoms with Crippen molar-refractivity contribution < 1.29 is 4.79 Å². The zero-order valence-corrected chi connectivity index (χ0v) is 12.3. The van der Waals surface area contributed by atoms with E-state index >= 15 is 0 Å². The quantitative estimate of drug-likeness (QED) is 0.856. The summed E-state index contributed by atoms with van der Waals surface area (Å²) in [6.45, 7) is 8.59. The Morgan fingerprint density at radius 3 is 2.53 bits per heavy atom. The number of nitrogens with two attached hydrogens (primary N) is 1. The Kier molecular flexibility index (Phi) is 5.96. The Bertz CT molecular complexity index is 392. The van der Waals surface area contributed by atoms with Crippen LogP contribution in [0.1, 0.15) is 39.8 Å². The molecule has 1 amide bonds. The van der Waals surface area contributed by atoms with Gasteiger partial charge in [-0.05, 0) is 31.9 Å². The van der Waals surface area contributed by atoms with E-state index in [0.29, 0.717) is 6.54 Å². The molecule has 0 spiro atoms. The molecule has 19 heavy (non-hydrogen) atoms. The molecule has 1 rings (SSSR count). The van der Waals surface area contributed by atoms with E-state index in [1.54, 1.807) is 11.1 Å². The number of amides is 1. The van der Waals surface area contributed by atoms with Crippen molar-refractivity contribution in [3.63, 3.8) is 0 Å². The minimum atomic E-state index is -0.434. The summed E-state index contributed by atoms with van der Waals surface area (Å²) >= 11 is 0. The van der Waals surface area contributed by atoms with E-state index in [9.17, 15) is 4.79 Å². The maximum atomic E-state index is 12.5. The highest BCUT2D eigenvalue weighted by molar-refractivity contribution is 5.82. The first kappa shape index (κ1) is 15.6. The van der Waals surface area contributed by atoms with Crippen LogP contribution < -0.4 is 5.73 Å². The van der Waals surface area contributed by atoms with Gasteiger partial charge < -0.3 is 10.6 Å². The SMILES string of the molecule is CCC(C)[C@H](N)C(=O)N(Cc1ccccn1)C(C)C. The van der Waals surface area contributed by atoms with Gasteiger partial charge in [-0.2, -0.15) is 0 Å². The predicted octanol–water partition coefficient (Wildman–Crippen LogP) is 2.19. The fourth-order valence-corrected chi connectivity index (χ4v) is 1.87. The number of rotatable bonds is 6. The average molecular weight is 263 g/mol. The highest BCUT2D eigenvalue weighted by Crippen LogP contribution is 2.13. The van der Waals surface area contributed by atoms with E-state index < -0.39 is 6.04 Å². The van der Waals surface area contributed by atoms with Crippen LogP contribution in [0.3, 0.4) is 0 Å². The number of carbonyl (C=O) groups excluding carboxylic acids is 1. The second kappa shape index (κ2) is 7.24. The first-order valence-electron chi connectivity index (χ1n) is 6.93. The van der Waals surface area contributed by atoms with Gasteiger partial charge in [0.05, 0.1) is 18.3 Å². The number of pyridine rings is 1. The lowest BCUT2D eigenvalue weighted by Crippen LogP contribution is -2.49. The highest BCUT2D eigenvalue weighted by atomic mass is 16.2. The van der Waals surface area contributed by atoms with Gasteiger partial charge in [0.15, 0.2) is 0 Å². The van der Waals surface area contributed by atoms with Crippen LogP contribution in [0.15, 0.2) is 24.4 Å². The van der Waals surface area contributed by atoms with E-state index in [-0.39, 0.29) is 17.9 Å². The third kappa shape index (κ3) is 4.31. The fraction of sp³-hybridized carbons (Fsp3) is 0.600. The topological polar surface area (TPSA) is 59.2 Å². The summed E-state index contributed by atoms with van der Waals surface area (Å²) < 4.78 is 0. The molecule has 0 fully saturated rings. The molecule has 0 radical (unpaired) electrons. The standard InChI is InChI=1S/C15H25N3O/c1-5-12(4)14(16)15(19)18(11(2)3)10-13-8-6-7-9-17-13/h6-9,11-12,14H,5,10,16H2,1-4H3/t12?,14-/m0/s1. The van der Waals surface area contributed by atoms with Crippen molar-refractivity contribution in [2.24, 2.45) is 11.7 Å². The molecule has 0 saturated carbocycles. The number of hydrogen-bond acceptors (Lipinski definition) is 3. The molecule has 106 valence electrons. The van der Waals surface area contributed by atoms with Gasteiger partial charge in [-0.25, -0.2) is 0 Å². The lowest BCUT2D eigenvalue weighted by atomic mass is 9.98. The third-order valence-electron chi connectivity index (χ3n) is 3.51. The van der Waals surface area contributed by atoms with E-state index in [1.165, 1.54) is 0 Å². The zero-order chi connectivity index (χ0) is 14.4. The van der Waals surface area contributed by atoms with Crippen molar-refractivity contribution in [2.75, 3.05) is 0 Å². The van der Waals surface area contributed by atoms with Gasteiger partial charge in [0, 0.05) is 12.2 Å². The molecular weight excluding hydrogens is 238 g/mol. The van der Waals surface area contributed by atoms with E-state index in [2.05, 4.69) is 11.9 Å². The molecule has 0 aliphatic heterocycles. The molecular formula is C15H25N3O. The molecule has 0 aliphatic rings. The molecule has 0 aromatic carbocycles. The van der Waals surface area contributed by atoms with Crippen molar-refractivity contribution in [1.82, 2.24) is 9.88 Å². The van der Waals surface area contributed by atoms with Gasteiger partial charge in [0.2, 0.25) is 5.91 Å². The summed E-state index contributed by atoms with van der Waals surface area (Å²) in [6.07, 6.45) is 2.65. The highest BCUT2D eigenvalue weighted by Gasteiger charge is 2.26. The Labute approximate surface area is 116 Å². The van der Waals surface area contributed by atoms with Gasteiger partial charge in [-0.3, -0.25) is 9.78 Å². The van der Waals surface area contributed by atoms with E-state index in [4.69, 9.17) is 5.73 Å². The molecule has 1 aromatic heterocycles. The van der Waals surface area contributed by atoms with Crippen LogP contribution in [-0.4, -0.2) is 27.9 Å². The summed E-state index contributed by atoms with van der Waals surface area (Å²) in [7, 11) is 0.